The summed E-state index contributed by atoms with van der Waals surface area (Å²) in [6.45, 7) is 9.27. The number of carbonyl (C=O) groups excluding carboxylic acids is 3. The molecule has 3 N–H and O–H groups in total. The summed E-state index contributed by atoms with van der Waals surface area (Å²) >= 11 is 2.23. The second kappa shape index (κ2) is 11.8. The van der Waals surface area contributed by atoms with E-state index in [1.54, 1.807) is 37.8 Å². The van der Waals surface area contributed by atoms with Crippen LogP contribution in [0.1, 0.15) is 40.2 Å². The van der Waals surface area contributed by atoms with Gasteiger partial charge in [0.15, 0.2) is 0 Å². The zero-order valence-corrected chi connectivity index (χ0v) is 18.4. The Hall–Kier alpha value is -1.96. The van der Waals surface area contributed by atoms with Crippen molar-refractivity contribution in [3.63, 3.8) is 0 Å². The molecule has 1 rings (SSSR count). The molecule has 0 fully saturated rings. The first-order valence-electron chi connectivity index (χ1n) is 9.23. The topological polar surface area (TPSA) is 96.5 Å². The summed E-state index contributed by atoms with van der Waals surface area (Å²) in [6.07, 6.45) is 0. The van der Waals surface area contributed by atoms with Gasteiger partial charge in [-0.15, -0.1) is 0 Å². The van der Waals surface area contributed by atoms with Crippen LogP contribution in [0.4, 0.5) is 5.69 Å². The molecule has 28 heavy (non-hydrogen) atoms. The molecule has 0 spiro atoms. The van der Waals surface area contributed by atoms with E-state index in [4.69, 9.17) is 4.74 Å². The molecular formula is C20H29N3O4V. The van der Waals surface area contributed by atoms with Gasteiger partial charge in [0.2, 0.25) is 5.91 Å². The molecule has 0 radical (unpaired) electrons. The van der Waals surface area contributed by atoms with Crippen molar-refractivity contribution in [2.45, 2.75) is 53.3 Å². The molecule has 0 aliphatic rings. The average molecular weight is 426 g/mol. The van der Waals surface area contributed by atoms with Crippen molar-refractivity contribution >= 4 is 28.3 Å². The van der Waals surface area contributed by atoms with E-state index in [0.29, 0.717) is 12.3 Å². The van der Waals surface area contributed by atoms with Crippen molar-refractivity contribution < 1.29 is 36.1 Å². The summed E-state index contributed by atoms with van der Waals surface area (Å²) in [7, 11) is 0. The van der Waals surface area contributed by atoms with E-state index in [1.165, 1.54) is 0 Å². The smallest absolute Gasteiger partial charge is 0.0176 e. The Morgan fingerprint density at radius 2 is 1.57 bits per heavy atom. The normalized spacial score (nSPS) is 12.9. The van der Waals surface area contributed by atoms with Gasteiger partial charge in [0.05, 0.1) is 0 Å². The van der Waals surface area contributed by atoms with Gasteiger partial charge in [0.25, 0.3) is 0 Å². The Kier molecular flexibility index (Phi) is 10.1. The summed E-state index contributed by atoms with van der Waals surface area (Å²) < 4.78 is 5.19. The molecule has 0 heterocycles. The first-order valence-corrected chi connectivity index (χ1v) is 10.0. The van der Waals surface area contributed by atoms with Crippen LogP contribution in [0.15, 0.2) is 24.3 Å². The van der Waals surface area contributed by atoms with Crippen LogP contribution < -0.4 is 16.0 Å². The molecule has 2 unspecified atom stereocenters. The SMILES string of the molecule is CC(C)C(=O)NC(C(=O)NC(C)C(=O)Nc1ccc(CO[CH]=[V])cc1)C(C)C. The molecule has 0 aromatic heterocycles. The molecule has 1 aromatic carbocycles. The number of nitrogens with one attached hydrogen (secondary N) is 3. The quantitative estimate of drug-likeness (QED) is 0.531. The van der Waals surface area contributed by atoms with Gasteiger partial charge in [0, 0.05) is 5.92 Å². The molecule has 0 saturated carbocycles. The zero-order chi connectivity index (χ0) is 21.3. The van der Waals surface area contributed by atoms with E-state index in [2.05, 4.69) is 32.9 Å². The minimum absolute atomic E-state index is 0.105. The van der Waals surface area contributed by atoms with Crippen molar-refractivity contribution in [3.8, 4) is 0 Å². The molecule has 0 aliphatic carbocycles. The van der Waals surface area contributed by atoms with Crippen molar-refractivity contribution in [2.24, 2.45) is 11.8 Å². The molecule has 1 aromatic rings. The molecular weight excluding hydrogens is 397 g/mol. The first-order chi connectivity index (χ1) is 13.1. The maximum atomic E-state index is 12.5. The van der Waals surface area contributed by atoms with E-state index >= 15 is 0 Å². The van der Waals surface area contributed by atoms with Crippen molar-refractivity contribution in [3.05, 3.63) is 29.8 Å². The van der Waals surface area contributed by atoms with Crippen LogP contribution in [0, 0.1) is 11.8 Å². The monoisotopic (exact) mass is 426 g/mol. The number of benzene rings is 1. The van der Waals surface area contributed by atoms with E-state index in [1.807, 2.05) is 26.0 Å². The van der Waals surface area contributed by atoms with Crippen LogP contribution >= 0.6 is 0 Å². The van der Waals surface area contributed by atoms with Gasteiger partial charge in [-0.05, 0) is 5.92 Å². The van der Waals surface area contributed by atoms with Gasteiger partial charge in [0.1, 0.15) is 6.04 Å². The Morgan fingerprint density at radius 3 is 2.07 bits per heavy atom. The van der Waals surface area contributed by atoms with Gasteiger partial charge in [-0.25, -0.2) is 0 Å². The molecule has 0 aliphatic heterocycles. The average Bonchev–Trinajstić information content (AvgIpc) is 2.64. The number of hydrogen-bond acceptors (Lipinski definition) is 4. The maximum Gasteiger partial charge on any atom is -0.0176 e. The summed E-state index contributed by atoms with van der Waals surface area (Å²) in [4.78, 5) is 38.4. The summed E-state index contributed by atoms with van der Waals surface area (Å²) in [5, 5.41) is 8.17. The standard InChI is InChI=1S/C20H29N3O4.V/c1-12(2)17(23-18(24)13(3)4)20(26)21-14(5)19(25)22-16-9-7-15(8-10-16)11-27-6;/h6-10,12-14,17H,11H2,1-5H3,(H,21,26)(H,22,25)(H,23,24);. The van der Waals surface area contributed by atoms with Crippen LogP contribution in [0.3, 0.4) is 0 Å². The molecule has 8 heteroatoms. The summed E-state index contributed by atoms with van der Waals surface area (Å²) in [5.41, 5.74) is 1.60. The fourth-order valence-corrected chi connectivity index (χ4v) is 2.41. The van der Waals surface area contributed by atoms with Crippen LogP contribution in [0.2, 0.25) is 0 Å². The van der Waals surface area contributed by atoms with Crippen LogP contribution in [0.25, 0.3) is 0 Å². The van der Waals surface area contributed by atoms with Gasteiger partial charge < -0.3 is 5.32 Å². The maximum absolute atomic E-state index is 12.5. The molecule has 7 nitrogen and oxygen atoms in total. The van der Waals surface area contributed by atoms with Gasteiger partial charge in [-0.2, -0.15) is 0 Å². The minimum Gasteiger partial charge on any atom is -0.0603 e. The Labute approximate surface area is 175 Å². The zero-order valence-electron chi connectivity index (χ0n) is 17.0. The molecule has 3 amide bonds. The van der Waals surface area contributed by atoms with E-state index in [-0.39, 0.29) is 29.6 Å². The van der Waals surface area contributed by atoms with Crippen molar-refractivity contribution in [2.75, 3.05) is 5.32 Å². The number of carbonyl (C=O) groups is 3. The fourth-order valence-electron chi connectivity index (χ4n) is 2.29. The van der Waals surface area contributed by atoms with Crippen molar-refractivity contribution in [1.29, 1.82) is 0 Å². The third kappa shape index (κ3) is 7.96. The van der Waals surface area contributed by atoms with Crippen LogP contribution in [-0.2, 0) is 42.7 Å². The number of anilines is 1. The second-order valence-corrected chi connectivity index (χ2v) is 7.55. The summed E-state index contributed by atoms with van der Waals surface area (Å²) in [6, 6.07) is 5.81. The third-order valence-corrected chi connectivity index (χ3v) is 4.30. The number of rotatable bonds is 10. The van der Waals surface area contributed by atoms with E-state index in [9.17, 15) is 14.4 Å². The number of hydrogen-bond donors (Lipinski definition) is 3. The van der Waals surface area contributed by atoms with Crippen LogP contribution in [-0.4, -0.2) is 34.7 Å². The minimum atomic E-state index is -0.750. The largest absolute Gasteiger partial charge is 0.0603 e. The Bertz CT molecular complexity index is 689. The number of ether oxygens (including phenoxy) is 1. The van der Waals surface area contributed by atoms with E-state index < -0.39 is 12.1 Å². The molecule has 2 atom stereocenters. The molecule has 153 valence electrons. The van der Waals surface area contributed by atoms with Crippen LogP contribution in [0.5, 0.6) is 0 Å². The number of amides is 3. The summed E-state index contributed by atoms with van der Waals surface area (Å²) in [5.74, 6) is -1.25. The van der Waals surface area contributed by atoms with Crippen molar-refractivity contribution in [1.82, 2.24) is 10.6 Å². The van der Waals surface area contributed by atoms with Gasteiger partial charge >= 0.3 is 109 Å². The Morgan fingerprint density at radius 1 is 0.964 bits per heavy atom. The van der Waals surface area contributed by atoms with Gasteiger partial charge in [-0.1, -0.05) is 27.7 Å². The van der Waals surface area contributed by atoms with Gasteiger partial charge in [-0.3, -0.25) is 9.59 Å². The molecule has 0 saturated heterocycles. The second-order valence-electron chi connectivity index (χ2n) is 7.22. The fraction of sp³-hybridized carbons (Fsp3) is 0.500. The Balaban J connectivity index is 2.65. The van der Waals surface area contributed by atoms with E-state index in [0.717, 1.165) is 5.56 Å². The third-order valence-electron chi connectivity index (χ3n) is 4.07. The molecule has 0 bridgehead atoms. The predicted octanol–water partition coefficient (Wildman–Crippen LogP) is 1.75. The predicted molar refractivity (Wildman–Crippen MR) is 105 cm³/mol. The first kappa shape index (κ1) is 24.1.